The van der Waals surface area contributed by atoms with E-state index in [0.29, 0.717) is 0 Å². The molecule has 1 radical (unpaired) electrons. The minimum Gasteiger partial charge on any atom is -0.379 e. The van der Waals surface area contributed by atoms with Gasteiger partial charge in [0.25, 0.3) is 0 Å². The first-order valence-corrected chi connectivity index (χ1v) is 6.11. The fourth-order valence-electron chi connectivity index (χ4n) is 1.69. The topological polar surface area (TPSA) is 9.23 Å². The second-order valence-electron chi connectivity index (χ2n) is 3.66. The maximum absolute atomic E-state index is 4.79. The van der Waals surface area contributed by atoms with Gasteiger partial charge >= 0.3 is 0 Å². The summed E-state index contributed by atoms with van der Waals surface area (Å²) in [7, 11) is 3.37. The summed E-state index contributed by atoms with van der Waals surface area (Å²) in [4.78, 5) is 0. The van der Waals surface area contributed by atoms with Crippen molar-refractivity contribution in [1.29, 1.82) is 0 Å². The minimum atomic E-state index is 0.765. The highest BCUT2D eigenvalue weighted by Gasteiger charge is 1.97. The summed E-state index contributed by atoms with van der Waals surface area (Å²) in [6.45, 7) is 0.765. The zero-order chi connectivity index (χ0) is 10.5. The standard InChI is InChI=1S/C13H15OS/c1-14-8-3-2-4-11-5-6-12-7-9-15-13(12)10-11/h5-7,9-10H,1-4,8H2. The summed E-state index contributed by atoms with van der Waals surface area (Å²) in [5.41, 5.74) is 1.43. The van der Waals surface area contributed by atoms with Crippen molar-refractivity contribution in [2.75, 3.05) is 6.61 Å². The Morgan fingerprint density at radius 3 is 3.00 bits per heavy atom. The predicted octanol–water partition coefficient (Wildman–Crippen LogP) is 4.03. The van der Waals surface area contributed by atoms with E-state index < -0.39 is 0 Å². The van der Waals surface area contributed by atoms with Crippen molar-refractivity contribution in [1.82, 2.24) is 0 Å². The van der Waals surface area contributed by atoms with Crippen LogP contribution in [0.4, 0.5) is 0 Å². The summed E-state index contributed by atoms with van der Waals surface area (Å²) < 4.78 is 6.18. The molecule has 79 valence electrons. The van der Waals surface area contributed by atoms with E-state index in [4.69, 9.17) is 4.74 Å². The summed E-state index contributed by atoms with van der Waals surface area (Å²) in [5, 5.41) is 3.50. The van der Waals surface area contributed by atoms with Crippen molar-refractivity contribution in [3.05, 3.63) is 42.3 Å². The molecule has 1 nitrogen and oxygen atoms in total. The molecule has 0 fully saturated rings. The number of fused-ring (bicyclic) bond motifs is 1. The highest BCUT2D eigenvalue weighted by Crippen LogP contribution is 2.22. The van der Waals surface area contributed by atoms with Crippen LogP contribution >= 0.6 is 11.3 Å². The number of rotatable bonds is 5. The van der Waals surface area contributed by atoms with Crippen molar-refractivity contribution in [3.63, 3.8) is 0 Å². The molecule has 0 saturated heterocycles. The lowest BCUT2D eigenvalue weighted by molar-refractivity contribution is 0.235. The number of hydrogen-bond donors (Lipinski definition) is 0. The van der Waals surface area contributed by atoms with Crippen LogP contribution in [0.3, 0.4) is 0 Å². The summed E-state index contributed by atoms with van der Waals surface area (Å²) in [6, 6.07) is 8.89. The Morgan fingerprint density at radius 1 is 1.20 bits per heavy atom. The van der Waals surface area contributed by atoms with E-state index in [1.54, 1.807) is 0 Å². The van der Waals surface area contributed by atoms with E-state index in [1.807, 2.05) is 11.3 Å². The number of benzene rings is 1. The fraction of sp³-hybridized carbons (Fsp3) is 0.308. The van der Waals surface area contributed by atoms with E-state index >= 15 is 0 Å². The number of hydrogen-bond acceptors (Lipinski definition) is 2. The third-order valence-electron chi connectivity index (χ3n) is 2.52. The molecular formula is C13H15OS. The molecule has 2 aromatic rings. The van der Waals surface area contributed by atoms with E-state index in [1.165, 1.54) is 22.1 Å². The third kappa shape index (κ3) is 2.80. The van der Waals surface area contributed by atoms with Crippen molar-refractivity contribution in [2.24, 2.45) is 0 Å². The molecule has 2 rings (SSSR count). The van der Waals surface area contributed by atoms with Crippen LogP contribution in [-0.4, -0.2) is 6.61 Å². The number of ether oxygens (including phenoxy) is 1. The molecule has 1 heterocycles. The molecular weight excluding hydrogens is 204 g/mol. The molecule has 0 aliphatic carbocycles. The van der Waals surface area contributed by atoms with Crippen LogP contribution in [0.25, 0.3) is 10.1 Å². The van der Waals surface area contributed by atoms with Gasteiger partial charge in [-0.05, 0) is 47.7 Å². The molecule has 1 aromatic carbocycles. The normalized spacial score (nSPS) is 11.0. The highest BCUT2D eigenvalue weighted by molar-refractivity contribution is 7.17. The number of thiophene rings is 1. The Bertz CT molecular complexity index is 419. The number of unbranched alkanes of at least 4 members (excludes halogenated alkanes) is 1. The fourth-order valence-corrected chi connectivity index (χ4v) is 2.54. The largest absolute Gasteiger partial charge is 0.379 e. The van der Waals surface area contributed by atoms with Gasteiger partial charge < -0.3 is 4.74 Å². The maximum Gasteiger partial charge on any atom is 0.0700 e. The molecule has 0 bridgehead atoms. The van der Waals surface area contributed by atoms with Gasteiger partial charge in [-0.2, -0.15) is 0 Å². The second-order valence-corrected chi connectivity index (χ2v) is 4.61. The Hall–Kier alpha value is -0.860. The van der Waals surface area contributed by atoms with Crippen LogP contribution < -0.4 is 0 Å². The molecule has 0 spiro atoms. The maximum atomic E-state index is 4.79. The third-order valence-corrected chi connectivity index (χ3v) is 3.40. The van der Waals surface area contributed by atoms with Crippen LogP contribution in [0.1, 0.15) is 18.4 Å². The lowest BCUT2D eigenvalue weighted by atomic mass is 10.1. The second kappa shape index (κ2) is 5.29. The molecule has 0 aliphatic rings. The van der Waals surface area contributed by atoms with E-state index in [9.17, 15) is 0 Å². The lowest BCUT2D eigenvalue weighted by Crippen LogP contribution is -1.90. The molecule has 2 heteroatoms. The lowest BCUT2D eigenvalue weighted by Gasteiger charge is -2.01. The van der Waals surface area contributed by atoms with Gasteiger partial charge in [0.15, 0.2) is 0 Å². The Balaban J connectivity index is 1.96. The number of aryl methyl sites for hydroxylation is 1. The molecule has 0 atom stereocenters. The molecule has 0 N–H and O–H groups in total. The van der Waals surface area contributed by atoms with Crippen molar-refractivity contribution >= 4 is 21.4 Å². The quantitative estimate of drug-likeness (QED) is 0.690. The molecule has 15 heavy (non-hydrogen) atoms. The molecule has 0 unspecified atom stereocenters. The summed E-state index contributed by atoms with van der Waals surface area (Å²) in [6.07, 6.45) is 3.40. The van der Waals surface area contributed by atoms with Gasteiger partial charge in [0.05, 0.1) is 7.11 Å². The average molecular weight is 219 g/mol. The smallest absolute Gasteiger partial charge is 0.0700 e. The van der Waals surface area contributed by atoms with Gasteiger partial charge in [0.2, 0.25) is 0 Å². The van der Waals surface area contributed by atoms with Crippen LogP contribution in [-0.2, 0) is 11.2 Å². The van der Waals surface area contributed by atoms with Gasteiger partial charge in [-0.15, -0.1) is 11.3 Å². The van der Waals surface area contributed by atoms with Gasteiger partial charge in [-0.25, -0.2) is 0 Å². The average Bonchev–Trinajstić information content (AvgIpc) is 2.71. The molecule has 0 aliphatic heterocycles. The van der Waals surface area contributed by atoms with Crippen molar-refractivity contribution < 1.29 is 4.74 Å². The minimum absolute atomic E-state index is 0.765. The van der Waals surface area contributed by atoms with E-state index in [-0.39, 0.29) is 0 Å². The van der Waals surface area contributed by atoms with Gasteiger partial charge in [0.1, 0.15) is 0 Å². The zero-order valence-electron chi connectivity index (χ0n) is 8.74. The first-order valence-electron chi connectivity index (χ1n) is 5.23. The van der Waals surface area contributed by atoms with Gasteiger partial charge in [-0.3, -0.25) is 0 Å². The van der Waals surface area contributed by atoms with Crippen LogP contribution in [0.5, 0.6) is 0 Å². The Labute approximate surface area is 94.7 Å². The zero-order valence-corrected chi connectivity index (χ0v) is 9.56. The predicted molar refractivity (Wildman–Crippen MR) is 66.1 cm³/mol. The van der Waals surface area contributed by atoms with Crippen LogP contribution in [0, 0.1) is 7.11 Å². The SMILES string of the molecule is [CH2]OCCCCc1ccc2ccsc2c1. The summed E-state index contributed by atoms with van der Waals surface area (Å²) in [5.74, 6) is 0. The van der Waals surface area contributed by atoms with Crippen molar-refractivity contribution in [2.45, 2.75) is 19.3 Å². The summed E-state index contributed by atoms with van der Waals surface area (Å²) >= 11 is 1.81. The first-order chi connectivity index (χ1) is 7.40. The van der Waals surface area contributed by atoms with E-state index in [0.717, 1.165) is 19.4 Å². The molecule has 0 amide bonds. The molecule has 0 saturated carbocycles. The monoisotopic (exact) mass is 219 g/mol. The van der Waals surface area contributed by atoms with Crippen LogP contribution in [0.2, 0.25) is 0 Å². The van der Waals surface area contributed by atoms with Gasteiger partial charge in [0, 0.05) is 11.3 Å². The Kier molecular flexibility index (Phi) is 3.75. The van der Waals surface area contributed by atoms with Crippen molar-refractivity contribution in [3.8, 4) is 0 Å². The van der Waals surface area contributed by atoms with E-state index in [2.05, 4.69) is 36.8 Å². The molecule has 1 aromatic heterocycles. The van der Waals surface area contributed by atoms with Gasteiger partial charge in [-0.1, -0.05) is 12.1 Å². The highest BCUT2D eigenvalue weighted by atomic mass is 32.1. The Morgan fingerprint density at radius 2 is 2.13 bits per heavy atom. The first kappa shape index (κ1) is 10.7. The van der Waals surface area contributed by atoms with Crippen LogP contribution in [0.15, 0.2) is 29.6 Å².